The van der Waals surface area contributed by atoms with Gasteiger partial charge in [-0.15, -0.1) is 0 Å². The largest absolute Gasteiger partial charge is 0.376 e. The maximum atomic E-state index is 13.7. The van der Waals surface area contributed by atoms with Crippen LogP contribution in [0.3, 0.4) is 0 Å². The molecule has 170 valence electrons. The van der Waals surface area contributed by atoms with E-state index in [9.17, 15) is 13.6 Å². The summed E-state index contributed by atoms with van der Waals surface area (Å²) in [5, 5.41) is 11.0. The molecule has 2 aromatic heterocycles. The third-order valence-electron chi connectivity index (χ3n) is 5.20. The fraction of sp³-hybridized carbons (Fsp3) is 0.429. The molecule has 0 spiro atoms. The van der Waals surface area contributed by atoms with Crippen molar-refractivity contribution < 1.29 is 22.8 Å². The van der Waals surface area contributed by atoms with E-state index in [0.717, 1.165) is 35.9 Å². The van der Waals surface area contributed by atoms with Crippen LogP contribution in [0.2, 0.25) is 0 Å². The Morgan fingerprint density at radius 3 is 2.94 bits per heavy atom. The van der Waals surface area contributed by atoms with Gasteiger partial charge in [0.2, 0.25) is 0 Å². The lowest BCUT2D eigenvalue weighted by Gasteiger charge is -2.17. The minimum absolute atomic E-state index is 0.188. The molecule has 1 aliphatic rings. The molecule has 0 bridgehead atoms. The Hall–Kier alpha value is -3.34. The van der Waals surface area contributed by atoms with Gasteiger partial charge in [-0.25, -0.2) is 13.6 Å². The van der Waals surface area contributed by atoms with Gasteiger partial charge in [-0.2, -0.15) is 10.1 Å². The lowest BCUT2D eigenvalue weighted by Crippen LogP contribution is -2.33. The maximum absolute atomic E-state index is 13.7. The number of amides is 2. The molecule has 32 heavy (non-hydrogen) atoms. The molecule has 1 N–H and O–H groups in total. The molecular weight excluding hydrogens is 422 g/mol. The highest BCUT2D eigenvalue weighted by Crippen LogP contribution is 2.30. The molecule has 0 saturated carbocycles. The fourth-order valence-electron chi connectivity index (χ4n) is 3.49. The van der Waals surface area contributed by atoms with Gasteiger partial charge in [0.15, 0.2) is 11.5 Å². The van der Waals surface area contributed by atoms with Crippen LogP contribution in [-0.4, -0.2) is 51.1 Å². The number of aromatic nitrogens is 4. The average Bonchev–Trinajstić information content (AvgIpc) is 3.39. The summed E-state index contributed by atoms with van der Waals surface area (Å²) in [6, 6.07) is 2.47. The topological polar surface area (TPSA) is 98.3 Å². The van der Waals surface area contributed by atoms with E-state index >= 15 is 0 Å². The number of carbonyl (C=O) groups excluding carboxylic acids is 1. The van der Waals surface area contributed by atoms with E-state index in [0.29, 0.717) is 37.0 Å². The zero-order valence-corrected chi connectivity index (χ0v) is 18.1. The summed E-state index contributed by atoms with van der Waals surface area (Å²) in [5.41, 5.74) is 2.45. The maximum Gasteiger partial charge on any atom is 0.321 e. The van der Waals surface area contributed by atoms with Gasteiger partial charge in [0.05, 0.1) is 18.9 Å². The summed E-state index contributed by atoms with van der Waals surface area (Å²) in [6.45, 7) is 5.44. The van der Waals surface area contributed by atoms with Crippen molar-refractivity contribution in [3.05, 3.63) is 46.9 Å². The Balaban J connectivity index is 1.42. The first-order valence-corrected chi connectivity index (χ1v) is 10.3. The quantitative estimate of drug-likeness (QED) is 0.622. The average molecular weight is 446 g/mol. The van der Waals surface area contributed by atoms with Crippen LogP contribution in [0.15, 0.2) is 22.7 Å². The van der Waals surface area contributed by atoms with Crippen LogP contribution in [0.1, 0.15) is 37.0 Å². The van der Waals surface area contributed by atoms with Gasteiger partial charge in [-0.05, 0) is 26.0 Å². The molecule has 3 heterocycles. The van der Waals surface area contributed by atoms with Gasteiger partial charge in [0.25, 0.3) is 5.89 Å². The molecule has 3 aromatic rings. The van der Waals surface area contributed by atoms with Gasteiger partial charge in [-0.1, -0.05) is 5.16 Å². The Bertz CT molecular complexity index is 1130. The fourth-order valence-corrected chi connectivity index (χ4v) is 3.49. The van der Waals surface area contributed by atoms with E-state index in [1.54, 1.807) is 0 Å². The molecular formula is C21H24F2N6O3. The third kappa shape index (κ3) is 4.47. The van der Waals surface area contributed by atoms with Crippen molar-refractivity contribution >= 4 is 11.7 Å². The summed E-state index contributed by atoms with van der Waals surface area (Å²) in [4.78, 5) is 18.0. The standard InChI is InChI=1S/C21H24F2N6O3/c1-12(2)29-17-7-9-31-11-14(17)19(26-29)20-25-18(27-32-20)6-8-28(3)21(30)24-16-10-13(22)4-5-15(16)23/h4-5,10,12H,6-9,11H2,1-3H3,(H,24,30). The third-order valence-corrected chi connectivity index (χ3v) is 5.20. The molecule has 0 radical (unpaired) electrons. The Labute approximate surface area is 183 Å². The number of hydrogen-bond donors (Lipinski definition) is 1. The van der Waals surface area contributed by atoms with Crippen LogP contribution in [0, 0.1) is 11.6 Å². The number of halogens is 2. The number of ether oxygens (including phenoxy) is 1. The number of likely N-dealkylation sites (N-methyl/N-ethyl adjacent to an activating group) is 1. The highest BCUT2D eigenvalue weighted by molar-refractivity contribution is 5.89. The number of benzene rings is 1. The summed E-state index contributed by atoms with van der Waals surface area (Å²) in [7, 11) is 1.53. The second-order valence-corrected chi connectivity index (χ2v) is 7.86. The molecule has 0 unspecified atom stereocenters. The molecule has 1 aromatic carbocycles. The van der Waals surface area contributed by atoms with Crippen LogP contribution in [-0.2, 0) is 24.2 Å². The van der Waals surface area contributed by atoms with Gasteiger partial charge in [-0.3, -0.25) is 4.68 Å². The van der Waals surface area contributed by atoms with Crippen LogP contribution in [0.4, 0.5) is 19.3 Å². The summed E-state index contributed by atoms with van der Waals surface area (Å²) < 4.78 is 40.0. The van der Waals surface area contributed by atoms with Crippen molar-refractivity contribution in [2.75, 3.05) is 25.5 Å². The van der Waals surface area contributed by atoms with E-state index in [4.69, 9.17) is 9.26 Å². The number of urea groups is 1. The van der Waals surface area contributed by atoms with Crippen molar-refractivity contribution in [3.63, 3.8) is 0 Å². The number of anilines is 1. The number of fused-ring (bicyclic) bond motifs is 1. The van der Waals surface area contributed by atoms with Gasteiger partial charge < -0.3 is 19.5 Å². The minimum atomic E-state index is -0.718. The number of rotatable bonds is 6. The molecule has 0 atom stereocenters. The minimum Gasteiger partial charge on any atom is -0.376 e. The summed E-state index contributed by atoms with van der Waals surface area (Å²) in [6.07, 6.45) is 1.08. The van der Waals surface area contributed by atoms with E-state index in [1.807, 2.05) is 4.68 Å². The van der Waals surface area contributed by atoms with Gasteiger partial charge in [0, 0.05) is 49.8 Å². The first-order valence-electron chi connectivity index (χ1n) is 10.3. The lowest BCUT2D eigenvalue weighted by atomic mass is 10.1. The Morgan fingerprint density at radius 2 is 2.16 bits per heavy atom. The van der Waals surface area contributed by atoms with Crippen molar-refractivity contribution in [1.82, 2.24) is 24.8 Å². The van der Waals surface area contributed by atoms with Crippen molar-refractivity contribution in [1.29, 1.82) is 0 Å². The SMILES string of the molecule is CC(C)n1nc(-c2nc(CCN(C)C(=O)Nc3cc(F)ccc3F)no2)c2c1CCOC2. The zero-order chi connectivity index (χ0) is 22.8. The van der Waals surface area contributed by atoms with Gasteiger partial charge in [0.1, 0.15) is 11.6 Å². The molecule has 2 amide bonds. The van der Waals surface area contributed by atoms with E-state index in [1.165, 1.54) is 11.9 Å². The Kier molecular flexibility index (Phi) is 6.17. The first kappa shape index (κ1) is 21.9. The van der Waals surface area contributed by atoms with Crippen LogP contribution >= 0.6 is 0 Å². The predicted octanol–water partition coefficient (Wildman–Crippen LogP) is 3.57. The summed E-state index contributed by atoms with van der Waals surface area (Å²) in [5.74, 6) is -0.656. The van der Waals surface area contributed by atoms with Crippen molar-refractivity contribution in [2.24, 2.45) is 0 Å². The predicted molar refractivity (Wildman–Crippen MR) is 111 cm³/mol. The van der Waals surface area contributed by atoms with Gasteiger partial charge >= 0.3 is 6.03 Å². The highest BCUT2D eigenvalue weighted by Gasteiger charge is 2.26. The van der Waals surface area contributed by atoms with E-state index in [2.05, 4.69) is 34.4 Å². The molecule has 0 aliphatic carbocycles. The van der Waals surface area contributed by atoms with Crippen LogP contribution in [0.5, 0.6) is 0 Å². The molecule has 4 rings (SSSR count). The molecule has 0 fully saturated rings. The second kappa shape index (κ2) is 9.03. The van der Waals surface area contributed by atoms with Crippen molar-refractivity contribution in [2.45, 2.75) is 39.3 Å². The number of carbonyl (C=O) groups is 1. The Morgan fingerprint density at radius 1 is 1.34 bits per heavy atom. The van der Waals surface area contributed by atoms with Crippen molar-refractivity contribution in [3.8, 4) is 11.6 Å². The van der Waals surface area contributed by atoms with Crippen LogP contribution < -0.4 is 5.32 Å². The smallest absolute Gasteiger partial charge is 0.321 e. The first-order chi connectivity index (χ1) is 15.3. The number of hydrogen-bond acceptors (Lipinski definition) is 6. The van der Waals surface area contributed by atoms with Crippen LogP contribution in [0.25, 0.3) is 11.6 Å². The molecule has 11 heteroatoms. The molecule has 0 saturated heterocycles. The molecule has 1 aliphatic heterocycles. The summed E-state index contributed by atoms with van der Waals surface area (Å²) >= 11 is 0. The normalized spacial score (nSPS) is 13.3. The monoisotopic (exact) mass is 446 g/mol. The highest BCUT2D eigenvalue weighted by atomic mass is 19.1. The number of nitrogens with zero attached hydrogens (tertiary/aromatic N) is 5. The molecule has 9 nitrogen and oxygen atoms in total. The number of nitrogens with one attached hydrogen (secondary N) is 1. The van der Waals surface area contributed by atoms with E-state index in [-0.39, 0.29) is 18.3 Å². The second-order valence-electron chi connectivity index (χ2n) is 7.86. The lowest BCUT2D eigenvalue weighted by molar-refractivity contribution is 0.108. The zero-order valence-electron chi connectivity index (χ0n) is 18.1. The van der Waals surface area contributed by atoms with E-state index < -0.39 is 17.7 Å².